The number of carbonyl (C=O) groups is 1. The number of hydrogen-bond donors (Lipinski definition) is 1. The number of ether oxygens (including phenoxy) is 2. The van der Waals surface area contributed by atoms with Crippen LogP contribution in [-0.2, 0) is 4.79 Å². The summed E-state index contributed by atoms with van der Waals surface area (Å²) in [5, 5.41) is 0. The number of nitrogens with two attached hydrogens (primary N) is 1. The molecule has 0 aliphatic carbocycles. The highest BCUT2D eigenvalue weighted by Gasteiger charge is 2.17. The number of thiocarbonyl (C=S) groups is 1. The molecule has 1 aliphatic heterocycles. The Balaban J connectivity index is 1.98. The van der Waals surface area contributed by atoms with Crippen LogP contribution in [0.3, 0.4) is 0 Å². The van der Waals surface area contributed by atoms with Crippen LogP contribution >= 0.6 is 12.2 Å². The van der Waals surface area contributed by atoms with Gasteiger partial charge < -0.3 is 20.1 Å². The fourth-order valence-electron chi connectivity index (χ4n) is 2.31. The van der Waals surface area contributed by atoms with Crippen molar-refractivity contribution in [2.75, 3.05) is 26.8 Å². The predicted octanol–water partition coefficient (Wildman–Crippen LogP) is 1.72. The van der Waals surface area contributed by atoms with E-state index >= 15 is 0 Å². The number of benzene rings is 1. The van der Waals surface area contributed by atoms with Crippen LogP contribution in [0.2, 0.25) is 0 Å². The third-order valence-electron chi connectivity index (χ3n) is 3.51. The summed E-state index contributed by atoms with van der Waals surface area (Å²) in [5.41, 5.74) is 6.29. The Bertz CT molecular complexity index is 528. The van der Waals surface area contributed by atoms with Crippen molar-refractivity contribution in [3.8, 4) is 11.5 Å². The molecule has 0 radical (unpaired) electrons. The highest BCUT2D eigenvalue weighted by atomic mass is 32.1. The third kappa shape index (κ3) is 4.07. The molecule has 0 aromatic heterocycles. The van der Waals surface area contributed by atoms with E-state index in [9.17, 15) is 4.79 Å². The molecule has 1 aromatic rings. The zero-order valence-electron chi connectivity index (χ0n) is 12.1. The first-order chi connectivity index (χ1) is 10.1. The third-order valence-corrected chi connectivity index (χ3v) is 3.74. The van der Waals surface area contributed by atoms with Gasteiger partial charge in [0.05, 0.1) is 7.11 Å². The smallest absolute Gasteiger partial charge is 0.260 e. The average Bonchev–Trinajstić information content (AvgIpc) is 2.53. The van der Waals surface area contributed by atoms with E-state index in [-0.39, 0.29) is 12.5 Å². The summed E-state index contributed by atoms with van der Waals surface area (Å²) in [6.07, 6.45) is 3.33. The van der Waals surface area contributed by atoms with Crippen molar-refractivity contribution >= 4 is 23.1 Å². The van der Waals surface area contributed by atoms with Crippen molar-refractivity contribution in [3.05, 3.63) is 23.8 Å². The van der Waals surface area contributed by atoms with Crippen LogP contribution < -0.4 is 15.2 Å². The molecular weight excluding hydrogens is 288 g/mol. The van der Waals surface area contributed by atoms with Crippen molar-refractivity contribution in [3.63, 3.8) is 0 Å². The minimum absolute atomic E-state index is 0.00942. The zero-order valence-corrected chi connectivity index (χ0v) is 12.9. The molecule has 1 saturated heterocycles. The monoisotopic (exact) mass is 308 g/mol. The largest absolute Gasteiger partial charge is 0.493 e. The molecule has 0 atom stereocenters. The van der Waals surface area contributed by atoms with Gasteiger partial charge in [-0.15, -0.1) is 0 Å². The maximum atomic E-state index is 12.1. The lowest BCUT2D eigenvalue weighted by atomic mass is 10.1. The van der Waals surface area contributed by atoms with Crippen LogP contribution in [0.5, 0.6) is 11.5 Å². The van der Waals surface area contributed by atoms with Gasteiger partial charge in [-0.1, -0.05) is 12.2 Å². The number of piperidine rings is 1. The topological polar surface area (TPSA) is 64.8 Å². The molecule has 21 heavy (non-hydrogen) atoms. The van der Waals surface area contributed by atoms with Gasteiger partial charge >= 0.3 is 0 Å². The molecule has 1 fully saturated rings. The maximum absolute atomic E-state index is 12.1. The fraction of sp³-hybridized carbons (Fsp3) is 0.467. The van der Waals surface area contributed by atoms with E-state index in [0.29, 0.717) is 22.1 Å². The second-order valence-corrected chi connectivity index (χ2v) is 5.40. The summed E-state index contributed by atoms with van der Waals surface area (Å²) in [7, 11) is 1.54. The van der Waals surface area contributed by atoms with Gasteiger partial charge in [0.2, 0.25) is 0 Å². The summed E-state index contributed by atoms with van der Waals surface area (Å²) >= 11 is 4.93. The minimum Gasteiger partial charge on any atom is -0.493 e. The number of methoxy groups -OCH3 is 1. The van der Waals surface area contributed by atoms with Crippen molar-refractivity contribution < 1.29 is 14.3 Å². The van der Waals surface area contributed by atoms with E-state index < -0.39 is 0 Å². The van der Waals surface area contributed by atoms with E-state index in [1.807, 2.05) is 4.90 Å². The van der Waals surface area contributed by atoms with E-state index in [0.717, 1.165) is 25.9 Å². The highest BCUT2D eigenvalue weighted by Crippen LogP contribution is 2.28. The number of amides is 1. The van der Waals surface area contributed by atoms with E-state index in [1.54, 1.807) is 18.2 Å². The van der Waals surface area contributed by atoms with Crippen molar-refractivity contribution in [2.45, 2.75) is 19.3 Å². The maximum Gasteiger partial charge on any atom is 0.260 e. The molecular formula is C15H20N2O3S. The predicted molar refractivity (Wildman–Crippen MR) is 84.8 cm³/mol. The zero-order chi connectivity index (χ0) is 15.2. The van der Waals surface area contributed by atoms with Crippen LogP contribution in [-0.4, -0.2) is 42.6 Å². The van der Waals surface area contributed by atoms with Gasteiger partial charge in [0, 0.05) is 18.7 Å². The molecule has 114 valence electrons. The van der Waals surface area contributed by atoms with Gasteiger partial charge in [0.15, 0.2) is 18.1 Å². The molecule has 1 aromatic carbocycles. The first-order valence-electron chi connectivity index (χ1n) is 7.00. The summed E-state index contributed by atoms with van der Waals surface area (Å²) in [5.74, 6) is 1.05. The normalized spacial score (nSPS) is 14.6. The first kappa shape index (κ1) is 15.6. The number of nitrogens with zero attached hydrogens (tertiary/aromatic N) is 1. The average molecular weight is 308 g/mol. The Morgan fingerprint density at radius 2 is 2.00 bits per heavy atom. The quantitative estimate of drug-likeness (QED) is 0.839. The molecule has 2 N–H and O–H groups in total. The standard InChI is InChI=1S/C15H20N2O3S/c1-19-13-9-11(15(16)21)5-6-12(13)20-10-14(18)17-7-3-2-4-8-17/h5-6,9H,2-4,7-8,10H2,1H3,(H2,16,21). The van der Waals surface area contributed by atoms with E-state index in [2.05, 4.69) is 0 Å². The van der Waals surface area contributed by atoms with Crippen LogP contribution in [0.25, 0.3) is 0 Å². The second-order valence-electron chi connectivity index (χ2n) is 4.96. The lowest BCUT2D eigenvalue weighted by Crippen LogP contribution is -2.38. The lowest BCUT2D eigenvalue weighted by molar-refractivity contribution is -0.134. The van der Waals surface area contributed by atoms with E-state index in [1.165, 1.54) is 13.5 Å². The van der Waals surface area contributed by atoms with Gasteiger partial charge in [0.1, 0.15) is 4.99 Å². The van der Waals surface area contributed by atoms with Crippen molar-refractivity contribution in [1.29, 1.82) is 0 Å². The van der Waals surface area contributed by atoms with E-state index in [4.69, 9.17) is 27.4 Å². The van der Waals surface area contributed by atoms with Gasteiger partial charge in [0.25, 0.3) is 5.91 Å². The summed E-state index contributed by atoms with van der Waals surface area (Å²) < 4.78 is 10.8. The molecule has 0 bridgehead atoms. The Hall–Kier alpha value is -1.82. The Labute approximate surface area is 130 Å². The minimum atomic E-state index is 0.00942. The molecule has 6 heteroatoms. The van der Waals surface area contributed by atoms with Gasteiger partial charge in [-0.05, 0) is 37.5 Å². The molecule has 5 nitrogen and oxygen atoms in total. The molecule has 1 heterocycles. The van der Waals surface area contributed by atoms with Crippen LogP contribution in [0.4, 0.5) is 0 Å². The van der Waals surface area contributed by atoms with Crippen LogP contribution in [0, 0.1) is 0 Å². The van der Waals surface area contributed by atoms with Gasteiger partial charge in [-0.2, -0.15) is 0 Å². The molecule has 1 aliphatic rings. The molecule has 2 rings (SSSR count). The number of hydrogen-bond acceptors (Lipinski definition) is 4. The molecule has 0 unspecified atom stereocenters. The SMILES string of the molecule is COc1cc(C(N)=S)ccc1OCC(=O)N1CCCCC1. The number of rotatable bonds is 5. The second kappa shape index (κ2) is 7.26. The summed E-state index contributed by atoms with van der Waals surface area (Å²) in [4.78, 5) is 14.2. The highest BCUT2D eigenvalue weighted by molar-refractivity contribution is 7.80. The molecule has 0 saturated carbocycles. The molecule has 0 spiro atoms. The first-order valence-corrected chi connectivity index (χ1v) is 7.41. The Morgan fingerprint density at radius 3 is 2.62 bits per heavy atom. The van der Waals surface area contributed by atoms with Gasteiger partial charge in [-0.25, -0.2) is 0 Å². The van der Waals surface area contributed by atoms with Crippen molar-refractivity contribution in [2.24, 2.45) is 5.73 Å². The van der Waals surface area contributed by atoms with Crippen molar-refractivity contribution in [1.82, 2.24) is 4.90 Å². The fourth-order valence-corrected chi connectivity index (χ4v) is 2.44. The number of carbonyl (C=O) groups excluding carboxylic acids is 1. The Kier molecular flexibility index (Phi) is 5.38. The summed E-state index contributed by atoms with van der Waals surface area (Å²) in [6.45, 7) is 1.65. The van der Waals surface area contributed by atoms with Gasteiger partial charge in [-0.3, -0.25) is 4.79 Å². The molecule has 1 amide bonds. The Morgan fingerprint density at radius 1 is 1.29 bits per heavy atom. The lowest BCUT2D eigenvalue weighted by Gasteiger charge is -2.26. The van der Waals surface area contributed by atoms with Crippen LogP contribution in [0.1, 0.15) is 24.8 Å². The van der Waals surface area contributed by atoms with Crippen LogP contribution in [0.15, 0.2) is 18.2 Å². The number of likely N-dealkylation sites (tertiary alicyclic amines) is 1. The summed E-state index contributed by atoms with van der Waals surface area (Å²) in [6, 6.07) is 5.19.